The molecule has 3 nitrogen and oxygen atoms in total. The first-order chi connectivity index (χ1) is 5.65. The van der Waals surface area contributed by atoms with E-state index in [1.165, 1.54) is 18.2 Å². The Morgan fingerprint density at radius 1 is 1.50 bits per heavy atom. The molecule has 0 saturated carbocycles. The number of benzene rings is 1. The molecule has 0 heterocycles. The quantitative estimate of drug-likeness (QED) is 0.523. The second-order valence-electron chi connectivity index (χ2n) is 2.36. The lowest BCUT2D eigenvalue weighted by Gasteiger charge is -1.98. The van der Waals surface area contributed by atoms with Crippen LogP contribution in [0.3, 0.4) is 0 Å². The fourth-order valence-electron chi connectivity index (χ4n) is 0.925. The summed E-state index contributed by atoms with van der Waals surface area (Å²) >= 11 is 5.26. The molecule has 0 aromatic heterocycles. The summed E-state index contributed by atoms with van der Waals surface area (Å²) in [4.78, 5) is 20.8. The van der Waals surface area contributed by atoms with Crippen molar-refractivity contribution in [3.63, 3.8) is 0 Å². The summed E-state index contributed by atoms with van der Waals surface area (Å²) in [6, 6.07) is 4.46. The second-order valence-corrected chi connectivity index (χ2v) is 2.71. The number of carbonyl (C=O) groups excluding carboxylic acids is 1. The van der Waals surface area contributed by atoms with E-state index in [-0.39, 0.29) is 0 Å². The summed E-state index contributed by atoms with van der Waals surface area (Å²) in [6.07, 6.45) is 0. The van der Waals surface area contributed by atoms with Crippen LogP contribution >= 0.6 is 11.6 Å². The van der Waals surface area contributed by atoms with Crippen LogP contribution < -0.4 is 0 Å². The second kappa shape index (κ2) is 3.45. The Kier molecular flexibility index (Phi) is 2.55. The van der Waals surface area contributed by atoms with Gasteiger partial charge in [-0.2, -0.15) is 0 Å². The highest BCUT2D eigenvalue weighted by Gasteiger charge is 2.05. The number of nitrogens with zero attached hydrogens (tertiary/aromatic N) is 1. The molecule has 0 atom stereocenters. The minimum Gasteiger partial charge on any atom is -0.276 e. The van der Waals surface area contributed by atoms with Crippen molar-refractivity contribution >= 4 is 22.5 Å². The van der Waals surface area contributed by atoms with Gasteiger partial charge in [0.1, 0.15) is 5.69 Å². The lowest BCUT2D eigenvalue weighted by Crippen LogP contribution is -1.91. The van der Waals surface area contributed by atoms with Crippen LogP contribution in [0.15, 0.2) is 23.4 Å². The van der Waals surface area contributed by atoms with E-state index in [9.17, 15) is 9.70 Å². The van der Waals surface area contributed by atoms with Crippen LogP contribution in [0.25, 0.3) is 0 Å². The summed E-state index contributed by atoms with van der Waals surface area (Å²) in [7, 11) is 0. The van der Waals surface area contributed by atoms with E-state index in [1.54, 1.807) is 6.92 Å². The Hall–Kier alpha value is -1.22. The highest BCUT2D eigenvalue weighted by atomic mass is 35.5. The first-order valence-electron chi connectivity index (χ1n) is 3.29. The molecular formula is C8H6ClNO2. The zero-order chi connectivity index (χ0) is 9.14. The smallest absolute Gasteiger partial charge is 0.252 e. The Morgan fingerprint density at radius 2 is 2.17 bits per heavy atom. The van der Waals surface area contributed by atoms with Crippen LogP contribution in [-0.4, -0.2) is 5.24 Å². The molecule has 1 aromatic carbocycles. The number of aryl methyl sites for hydroxylation is 1. The molecule has 0 aliphatic carbocycles. The first kappa shape index (κ1) is 8.87. The third-order valence-corrected chi connectivity index (χ3v) is 1.73. The predicted octanol–water partition coefficient (Wildman–Crippen LogP) is 2.77. The van der Waals surface area contributed by atoms with Crippen molar-refractivity contribution in [3.8, 4) is 0 Å². The lowest BCUT2D eigenvalue weighted by atomic mass is 10.1. The number of rotatable bonds is 2. The van der Waals surface area contributed by atoms with E-state index in [4.69, 9.17) is 11.6 Å². The Bertz CT molecular complexity index is 336. The van der Waals surface area contributed by atoms with E-state index in [0.717, 1.165) is 0 Å². The van der Waals surface area contributed by atoms with Gasteiger partial charge in [0.15, 0.2) is 0 Å². The molecule has 0 amide bonds. The van der Waals surface area contributed by atoms with Gasteiger partial charge in [0.2, 0.25) is 0 Å². The molecule has 1 rings (SSSR count). The Morgan fingerprint density at radius 3 is 2.58 bits per heavy atom. The fraction of sp³-hybridized carbons (Fsp3) is 0.125. The third kappa shape index (κ3) is 1.68. The summed E-state index contributed by atoms with van der Waals surface area (Å²) < 4.78 is 0. The minimum absolute atomic E-state index is 0.300. The zero-order valence-electron chi connectivity index (χ0n) is 6.37. The van der Waals surface area contributed by atoms with Crippen LogP contribution in [0.4, 0.5) is 5.69 Å². The van der Waals surface area contributed by atoms with Gasteiger partial charge in [-0.1, -0.05) is 0 Å². The molecule has 0 N–H and O–H groups in total. The van der Waals surface area contributed by atoms with Crippen molar-refractivity contribution in [1.29, 1.82) is 0 Å². The van der Waals surface area contributed by atoms with Gasteiger partial charge < -0.3 is 0 Å². The number of carbonyl (C=O) groups is 1. The van der Waals surface area contributed by atoms with Crippen LogP contribution in [0.2, 0.25) is 0 Å². The van der Waals surface area contributed by atoms with Gasteiger partial charge in [0.05, 0.1) is 0 Å². The highest BCUT2D eigenvalue weighted by Crippen LogP contribution is 2.18. The molecule has 0 unspecified atom stereocenters. The predicted molar refractivity (Wildman–Crippen MR) is 46.8 cm³/mol. The molecule has 0 spiro atoms. The first-order valence-corrected chi connectivity index (χ1v) is 3.67. The van der Waals surface area contributed by atoms with Crippen LogP contribution in [0, 0.1) is 11.8 Å². The maximum absolute atomic E-state index is 10.7. The molecular weight excluding hydrogens is 178 g/mol. The van der Waals surface area contributed by atoms with E-state index < -0.39 is 5.24 Å². The summed E-state index contributed by atoms with van der Waals surface area (Å²) in [6.45, 7) is 1.70. The van der Waals surface area contributed by atoms with Gasteiger partial charge in [-0.05, 0) is 47.5 Å². The van der Waals surface area contributed by atoms with Gasteiger partial charge in [-0.15, -0.1) is 4.91 Å². The van der Waals surface area contributed by atoms with Crippen molar-refractivity contribution in [1.82, 2.24) is 0 Å². The van der Waals surface area contributed by atoms with Crippen LogP contribution in [-0.2, 0) is 0 Å². The van der Waals surface area contributed by atoms with Crippen molar-refractivity contribution in [2.24, 2.45) is 5.18 Å². The molecule has 0 saturated heterocycles. The molecule has 0 radical (unpaired) electrons. The number of nitroso groups, excluding NO2 is 1. The summed E-state index contributed by atoms with van der Waals surface area (Å²) in [5.74, 6) is 0. The third-order valence-electron chi connectivity index (χ3n) is 1.53. The molecule has 4 heteroatoms. The van der Waals surface area contributed by atoms with E-state index >= 15 is 0 Å². The molecule has 62 valence electrons. The van der Waals surface area contributed by atoms with Crippen molar-refractivity contribution < 1.29 is 4.79 Å². The number of halogens is 1. The molecule has 0 aliphatic rings. The minimum atomic E-state index is -0.523. The maximum Gasteiger partial charge on any atom is 0.252 e. The van der Waals surface area contributed by atoms with Crippen molar-refractivity contribution in [2.75, 3.05) is 0 Å². The van der Waals surface area contributed by atoms with Crippen LogP contribution in [0.5, 0.6) is 0 Å². The standard InChI is InChI=1S/C8H6ClNO2/c1-5-4-6(10-12)2-3-7(5)8(9)11/h2-4H,1H3. The monoisotopic (exact) mass is 183 g/mol. The Balaban J connectivity index is 3.20. The van der Waals surface area contributed by atoms with Gasteiger partial charge in [0, 0.05) is 5.56 Å². The highest BCUT2D eigenvalue weighted by molar-refractivity contribution is 6.67. The molecule has 12 heavy (non-hydrogen) atoms. The molecule has 1 aromatic rings. The van der Waals surface area contributed by atoms with Crippen LogP contribution in [0.1, 0.15) is 15.9 Å². The van der Waals surface area contributed by atoms with E-state index in [2.05, 4.69) is 5.18 Å². The zero-order valence-corrected chi connectivity index (χ0v) is 7.13. The van der Waals surface area contributed by atoms with Crippen molar-refractivity contribution in [3.05, 3.63) is 34.2 Å². The van der Waals surface area contributed by atoms with Crippen molar-refractivity contribution in [2.45, 2.75) is 6.92 Å². The number of hydrogen-bond donors (Lipinski definition) is 0. The van der Waals surface area contributed by atoms with Gasteiger partial charge in [-0.3, -0.25) is 4.79 Å². The topological polar surface area (TPSA) is 46.5 Å². The largest absolute Gasteiger partial charge is 0.276 e. The molecule has 0 aliphatic heterocycles. The summed E-state index contributed by atoms with van der Waals surface area (Å²) in [5.41, 5.74) is 1.37. The van der Waals surface area contributed by atoms with Gasteiger partial charge >= 0.3 is 0 Å². The molecule has 0 fully saturated rings. The maximum atomic E-state index is 10.7. The SMILES string of the molecule is Cc1cc(N=O)ccc1C(=O)Cl. The van der Waals surface area contributed by atoms with Gasteiger partial charge in [-0.25, -0.2) is 0 Å². The van der Waals surface area contributed by atoms with Gasteiger partial charge in [0.25, 0.3) is 5.24 Å². The molecule has 0 bridgehead atoms. The Labute approximate surface area is 74.3 Å². The number of hydrogen-bond acceptors (Lipinski definition) is 3. The summed E-state index contributed by atoms with van der Waals surface area (Å²) in [5, 5.41) is 2.20. The van der Waals surface area contributed by atoms with E-state index in [1.807, 2.05) is 0 Å². The normalized spacial score (nSPS) is 9.50. The van der Waals surface area contributed by atoms with E-state index in [0.29, 0.717) is 16.8 Å². The average Bonchev–Trinajstić information content (AvgIpc) is 2.03. The lowest BCUT2D eigenvalue weighted by molar-refractivity contribution is 0.108. The fourth-order valence-corrected chi connectivity index (χ4v) is 1.14. The average molecular weight is 184 g/mol.